The molecule has 0 aliphatic carbocycles. The first kappa shape index (κ1) is 18.4. The molecule has 1 aromatic heterocycles. The Hall–Kier alpha value is -1.44. The molecule has 0 radical (unpaired) electrons. The zero-order valence-corrected chi connectivity index (χ0v) is 17.1. The van der Waals surface area contributed by atoms with Gasteiger partial charge < -0.3 is 10.3 Å². The summed E-state index contributed by atoms with van der Waals surface area (Å²) >= 11 is 6.74. The van der Waals surface area contributed by atoms with Crippen molar-refractivity contribution in [3.8, 4) is 0 Å². The van der Waals surface area contributed by atoms with Crippen molar-refractivity contribution >= 4 is 45.1 Å². The Bertz CT molecular complexity index is 850. The van der Waals surface area contributed by atoms with Crippen LogP contribution in [0, 0.1) is 0 Å². The summed E-state index contributed by atoms with van der Waals surface area (Å²) in [6.07, 6.45) is 0. The van der Waals surface area contributed by atoms with Crippen LogP contribution >= 0.6 is 39.5 Å². The number of hydrogen-bond acceptors (Lipinski definition) is 6. The molecule has 4 nitrogen and oxygen atoms in total. The summed E-state index contributed by atoms with van der Waals surface area (Å²) in [5.41, 5.74) is 6.80. The van der Waals surface area contributed by atoms with Gasteiger partial charge in [0.05, 0.1) is 10.5 Å². The molecule has 2 aromatic carbocycles. The second kappa shape index (κ2) is 7.85. The van der Waals surface area contributed by atoms with Crippen molar-refractivity contribution in [1.82, 2.24) is 10.1 Å². The van der Waals surface area contributed by atoms with Gasteiger partial charge in [0.15, 0.2) is 5.82 Å². The molecule has 0 spiro atoms. The number of nitrogens with zero attached hydrogens (tertiary/aromatic N) is 2. The van der Waals surface area contributed by atoms with Crippen molar-refractivity contribution in [2.75, 3.05) is 5.73 Å². The normalized spacial score (nSPS) is 11.6. The van der Waals surface area contributed by atoms with Gasteiger partial charge >= 0.3 is 0 Å². The highest BCUT2D eigenvalue weighted by Crippen LogP contribution is 2.41. The molecule has 0 fully saturated rings. The average molecular weight is 436 g/mol. The highest BCUT2D eigenvalue weighted by Gasteiger charge is 2.29. The number of rotatable bonds is 6. The summed E-state index contributed by atoms with van der Waals surface area (Å²) < 4.78 is 6.16. The standard InChI is InChI=1S/C18H18BrN3OS2/c1-18(2,25-15-6-4-3-5-14(15)20)17-21-16(23-22-17)11-24-13-9-7-12(19)8-10-13/h3-10H,11,20H2,1-2H3. The zero-order valence-electron chi connectivity index (χ0n) is 13.9. The number of aromatic nitrogens is 2. The minimum Gasteiger partial charge on any atom is -0.398 e. The second-order valence-corrected chi connectivity index (χ2v) is 9.53. The molecule has 2 N–H and O–H groups in total. The molecule has 0 saturated carbocycles. The van der Waals surface area contributed by atoms with Gasteiger partial charge in [0.2, 0.25) is 5.89 Å². The summed E-state index contributed by atoms with van der Waals surface area (Å²) in [4.78, 5) is 6.75. The van der Waals surface area contributed by atoms with Crippen LogP contribution in [0.25, 0.3) is 0 Å². The third-order valence-electron chi connectivity index (χ3n) is 3.47. The Morgan fingerprint density at radius 1 is 1.12 bits per heavy atom. The summed E-state index contributed by atoms with van der Waals surface area (Å²) in [5.74, 6) is 1.94. The van der Waals surface area contributed by atoms with E-state index in [4.69, 9.17) is 10.3 Å². The van der Waals surface area contributed by atoms with Crippen LogP contribution in [0.1, 0.15) is 25.6 Å². The number of hydrogen-bond donors (Lipinski definition) is 1. The third kappa shape index (κ3) is 4.80. The third-order valence-corrected chi connectivity index (χ3v) is 6.28. The van der Waals surface area contributed by atoms with E-state index in [-0.39, 0.29) is 4.75 Å². The number of para-hydroxylation sites is 1. The van der Waals surface area contributed by atoms with Crippen LogP contribution in [0.5, 0.6) is 0 Å². The van der Waals surface area contributed by atoms with Gasteiger partial charge in [-0.1, -0.05) is 33.2 Å². The molecule has 0 saturated heterocycles. The molecule has 1 heterocycles. The van der Waals surface area contributed by atoms with Crippen LogP contribution in [-0.4, -0.2) is 10.1 Å². The van der Waals surface area contributed by atoms with Crippen LogP contribution in [-0.2, 0) is 10.5 Å². The van der Waals surface area contributed by atoms with Crippen LogP contribution in [0.3, 0.4) is 0 Å². The molecule has 3 aromatic rings. The fourth-order valence-electron chi connectivity index (χ4n) is 2.13. The lowest BCUT2D eigenvalue weighted by molar-refractivity contribution is 0.381. The smallest absolute Gasteiger partial charge is 0.237 e. The van der Waals surface area contributed by atoms with Crippen LogP contribution in [0.4, 0.5) is 5.69 Å². The fourth-order valence-corrected chi connectivity index (χ4v) is 4.18. The summed E-state index contributed by atoms with van der Waals surface area (Å²) in [6, 6.07) is 16.0. The molecule has 0 amide bonds. The predicted octanol–water partition coefficient (Wildman–Crippen LogP) is 5.73. The number of halogens is 1. The average Bonchev–Trinajstić information content (AvgIpc) is 3.06. The molecule has 0 atom stereocenters. The summed E-state index contributed by atoms with van der Waals surface area (Å²) in [7, 11) is 0. The van der Waals surface area contributed by atoms with Gasteiger partial charge in [-0.15, -0.1) is 23.5 Å². The van der Waals surface area contributed by atoms with E-state index >= 15 is 0 Å². The Kier molecular flexibility index (Phi) is 5.76. The Labute approximate surface area is 164 Å². The van der Waals surface area contributed by atoms with Crippen molar-refractivity contribution < 1.29 is 4.52 Å². The molecule has 0 aliphatic rings. The van der Waals surface area contributed by atoms with Crippen molar-refractivity contribution in [3.05, 3.63) is 64.7 Å². The van der Waals surface area contributed by atoms with E-state index in [2.05, 4.69) is 52.1 Å². The Morgan fingerprint density at radius 3 is 2.56 bits per heavy atom. The number of benzene rings is 2. The van der Waals surface area contributed by atoms with Crippen molar-refractivity contribution in [2.24, 2.45) is 0 Å². The van der Waals surface area contributed by atoms with Crippen molar-refractivity contribution in [2.45, 2.75) is 34.1 Å². The zero-order chi connectivity index (χ0) is 17.9. The van der Waals surface area contributed by atoms with E-state index in [9.17, 15) is 0 Å². The molecule has 0 bridgehead atoms. The van der Waals surface area contributed by atoms with E-state index in [1.165, 1.54) is 0 Å². The van der Waals surface area contributed by atoms with E-state index in [0.717, 1.165) is 20.0 Å². The van der Waals surface area contributed by atoms with E-state index in [1.54, 1.807) is 23.5 Å². The minimum absolute atomic E-state index is 0.334. The summed E-state index contributed by atoms with van der Waals surface area (Å²) in [6.45, 7) is 4.14. The van der Waals surface area contributed by atoms with Gasteiger partial charge in [0, 0.05) is 20.0 Å². The van der Waals surface area contributed by atoms with Gasteiger partial charge in [0.25, 0.3) is 0 Å². The lowest BCUT2D eigenvalue weighted by atomic mass is 10.2. The van der Waals surface area contributed by atoms with Gasteiger partial charge in [0.1, 0.15) is 0 Å². The first-order valence-corrected chi connectivity index (χ1v) is 10.3. The molecule has 25 heavy (non-hydrogen) atoms. The maximum atomic E-state index is 6.04. The monoisotopic (exact) mass is 435 g/mol. The first-order chi connectivity index (χ1) is 11.9. The summed E-state index contributed by atoms with van der Waals surface area (Å²) in [5, 5.41) is 4.17. The van der Waals surface area contributed by atoms with Crippen molar-refractivity contribution in [3.63, 3.8) is 0 Å². The van der Waals surface area contributed by atoms with Gasteiger partial charge in [-0.3, -0.25) is 0 Å². The van der Waals surface area contributed by atoms with Gasteiger partial charge in [-0.05, 0) is 50.2 Å². The van der Waals surface area contributed by atoms with Crippen LogP contribution in [0.15, 0.2) is 67.3 Å². The maximum absolute atomic E-state index is 6.04. The first-order valence-electron chi connectivity index (χ1n) is 7.69. The molecule has 7 heteroatoms. The quantitative estimate of drug-likeness (QED) is 0.393. The molecular formula is C18H18BrN3OS2. The van der Waals surface area contributed by atoms with Crippen LogP contribution in [0.2, 0.25) is 0 Å². The van der Waals surface area contributed by atoms with Crippen molar-refractivity contribution in [1.29, 1.82) is 0 Å². The van der Waals surface area contributed by atoms with Gasteiger partial charge in [-0.25, -0.2) is 0 Å². The van der Waals surface area contributed by atoms with Crippen LogP contribution < -0.4 is 5.73 Å². The number of nitrogen functional groups attached to an aromatic ring is 1. The SMILES string of the molecule is CC(C)(Sc1ccccc1N)c1noc(CSc2ccc(Br)cc2)n1. The van der Waals surface area contributed by atoms with E-state index in [1.807, 2.05) is 36.4 Å². The largest absolute Gasteiger partial charge is 0.398 e. The Morgan fingerprint density at radius 2 is 1.84 bits per heavy atom. The number of thioether (sulfide) groups is 2. The minimum atomic E-state index is -0.334. The topological polar surface area (TPSA) is 64.9 Å². The fraction of sp³-hybridized carbons (Fsp3) is 0.222. The molecule has 130 valence electrons. The second-order valence-electron chi connectivity index (χ2n) is 5.90. The number of nitrogens with two attached hydrogens (primary N) is 1. The lowest BCUT2D eigenvalue weighted by Crippen LogP contribution is -2.14. The Balaban J connectivity index is 1.67. The predicted molar refractivity (Wildman–Crippen MR) is 108 cm³/mol. The molecular weight excluding hydrogens is 418 g/mol. The lowest BCUT2D eigenvalue weighted by Gasteiger charge is -2.20. The highest BCUT2D eigenvalue weighted by molar-refractivity contribution is 9.10. The van der Waals surface area contributed by atoms with E-state index < -0.39 is 0 Å². The van der Waals surface area contributed by atoms with E-state index in [0.29, 0.717) is 17.5 Å². The molecule has 0 unspecified atom stereocenters. The highest BCUT2D eigenvalue weighted by atomic mass is 79.9. The number of anilines is 1. The van der Waals surface area contributed by atoms with Gasteiger partial charge in [-0.2, -0.15) is 4.98 Å². The maximum Gasteiger partial charge on any atom is 0.237 e. The molecule has 3 rings (SSSR count). The molecule has 0 aliphatic heterocycles.